The van der Waals surface area contributed by atoms with Gasteiger partial charge in [0, 0.05) is 28.7 Å². The van der Waals surface area contributed by atoms with Gasteiger partial charge in [-0.25, -0.2) is 9.51 Å². The highest BCUT2D eigenvalue weighted by atomic mass is 32.2. The average Bonchev–Trinajstić information content (AvgIpc) is 3.51. The fourth-order valence-corrected chi connectivity index (χ4v) is 5.56. The molecular formula is C28H32N6OS. The monoisotopic (exact) mass is 500 g/mol. The number of phenols is 1. The van der Waals surface area contributed by atoms with Gasteiger partial charge in [0.25, 0.3) is 0 Å². The maximum atomic E-state index is 9.88. The molecule has 2 atom stereocenters. The number of phenolic OH excluding ortho intramolecular Hbond substituents is 1. The van der Waals surface area contributed by atoms with Crippen LogP contribution in [0, 0.1) is 0 Å². The average molecular weight is 501 g/mol. The molecule has 1 fully saturated rings. The molecule has 2 aromatic heterocycles. The van der Waals surface area contributed by atoms with Crippen LogP contribution in [-0.4, -0.2) is 38.9 Å². The Kier molecular flexibility index (Phi) is 6.89. The number of fused-ring (bicyclic) bond motifs is 1. The fraction of sp³-hybridized carbons (Fsp3) is 0.286. The van der Waals surface area contributed by atoms with Crippen molar-refractivity contribution in [1.29, 1.82) is 0 Å². The second-order valence-corrected chi connectivity index (χ2v) is 10.1. The first kappa shape index (κ1) is 24.2. The predicted molar refractivity (Wildman–Crippen MR) is 150 cm³/mol. The number of rotatable bonds is 7. The highest BCUT2D eigenvalue weighted by molar-refractivity contribution is 7.98. The Morgan fingerprint density at radius 3 is 2.81 bits per heavy atom. The van der Waals surface area contributed by atoms with E-state index in [2.05, 4.69) is 48.1 Å². The number of aromatic hydroxyl groups is 1. The van der Waals surface area contributed by atoms with Crippen LogP contribution in [0.4, 0.5) is 11.4 Å². The molecule has 0 bridgehead atoms. The van der Waals surface area contributed by atoms with E-state index in [4.69, 9.17) is 21.6 Å². The van der Waals surface area contributed by atoms with E-state index in [0.717, 1.165) is 59.3 Å². The van der Waals surface area contributed by atoms with Gasteiger partial charge in [0.2, 0.25) is 0 Å². The number of thioether (sulfide) groups is 1. The van der Waals surface area contributed by atoms with Crippen LogP contribution in [0.5, 0.6) is 5.75 Å². The first-order valence-electron chi connectivity index (χ1n) is 12.3. The quantitative estimate of drug-likeness (QED) is 0.155. The minimum absolute atomic E-state index is 0.203. The smallest absolute Gasteiger partial charge is 0.135 e. The Balaban J connectivity index is 1.64. The molecule has 0 spiro atoms. The van der Waals surface area contributed by atoms with Gasteiger partial charge in [0.1, 0.15) is 11.6 Å². The summed E-state index contributed by atoms with van der Waals surface area (Å²) in [5.41, 5.74) is 19.4. The van der Waals surface area contributed by atoms with Gasteiger partial charge >= 0.3 is 0 Å². The zero-order chi connectivity index (χ0) is 25.2. The van der Waals surface area contributed by atoms with Crippen LogP contribution in [0.15, 0.2) is 70.8 Å². The van der Waals surface area contributed by atoms with E-state index in [0.29, 0.717) is 5.84 Å². The summed E-state index contributed by atoms with van der Waals surface area (Å²) < 4.78 is 1.90. The van der Waals surface area contributed by atoms with Crippen molar-refractivity contribution in [1.82, 2.24) is 9.61 Å². The van der Waals surface area contributed by atoms with E-state index in [1.807, 2.05) is 11.4 Å². The number of benzene rings is 2. The number of nitrogens with zero attached hydrogens (tertiary/aromatic N) is 3. The largest absolute Gasteiger partial charge is 0.508 e. The number of anilines is 1. The number of aliphatic imine (C=N–C) groups is 1. The van der Waals surface area contributed by atoms with Gasteiger partial charge in [-0.05, 0) is 73.4 Å². The van der Waals surface area contributed by atoms with Crippen molar-refractivity contribution >= 4 is 34.5 Å². The third kappa shape index (κ3) is 4.79. The Labute approximate surface area is 215 Å². The topological polar surface area (TPSA) is 114 Å². The first-order chi connectivity index (χ1) is 17.5. The molecule has 0 saturated heterocycles. The van der Waals surface area contributed by atoms with Gasteiger partial charge in [-0.1, -0.05) is 25.1 Å². The summed E-state index contributed by atoms with van der Waals surface area (Å²) in [6.45, 7) is 2.03. The molecule has 36 heavy (non-hydrogen) atoms. The molecule has 7 nitrogen and oxygen atoms in total. The van der Waals surface area contributed by atoms with E-state index in [9.17, 15) is 5.11 Å². The van der Waals surface area contributed by atoms with Crippen molar-refractivity contribution in [2.24, 2.45) is 16.5 Å². The van der Waals surface area contributed by atoms with Crippen molar-refractivity contribution in [3.8, 4) is 16.9 Å². The van der Waals surface area contributed by atoms with Crippen LogP contribution in [0.3, 0.4) is 0 Å². The summed E-state index contributed by atoms with van der Waals surface area (Å²) in [6.07, 6.45) is 9.57. The van der Waals surface area contributed by atoms with Crippen LogP contribution >= 0.6 is 11.8 Å². The van der Waals surface area contributed by atoms with Crippen LogP contribution in [0.2, 0.25) is 0 Å². The van der Waals surface area contributed by atoms with E-state index < -0.39 is 0 Å². The molecule has 2 unspecified atom stereocenters. The Hall–Kier alpha value is -3.49. The number of hydrogen-bond acceptors (Lipinski definition) is 6. The molecular weight excluding hydrogens is 468 g/mol. The van der Waals surface area contributed by atoms with Crippen molar-refractivity contribution in [3.05, 3.63) is 72.1 Å². The van der Waals surface area contributed by atoms with E-state index >= 15 is 0 Å². The third-order valence-electron chi connectivity index (χ3n) is 6.84. The molecule has 0 amide bonds. The number of amidine groups is 1. The summed E-state index contributed by atoms with van der Waals surface area (Å²) in [5, 5.41) is 18.3. The highest BCUT2D eigenvalue weighted by Crippen LogP contribution is 2.35. The summed E-state index contributed by atoms with van der Waals surface area (Å²) >= 11 is 1.73. The summed E-state index contributed by atoms with van der Waals surface area (Å²) in [7, 11) is 0. The normalized spacial score (nSPS) is 18.1. The van der Waals surface area contributed by atoms with E-state index in [1.54, 1.807) is 36.2 Å². The van der Waals surface area contributed by atoms with Gasteiger partial charge in [-0.3, -0.25) is 0 Å². The van der Waals surface area contributed by atoms with Crippen molar-refractivity contribution in [2.45, 2.75) is 49.6 Å². The van der Waals surface area contributed by atoms with Crippen molar-refractivity contribution in [3.63, 3.8) is 0 Å². The maximum Gasteiger partial charge on any atom is 0.135 e. The van der Waals surface area contributed by atoms with E-state index in [1.165, 1.54) is 10.5 Å². The fourth-order valence-electron chi connectivity index (χ4n) is 4.94. The standard InChI is InChI=1S/C28H32N6OS/c1-3-17-12-21(35)10-11-24(17)33-28(30)23-15-31-34-16-18(22-6-4-5-7-26(22)36-2)13-25(34)27(23)32-20-9-8-19(29)14-20/h4-7,10-13,15-16,19-20,32,35H,3,8-9,14,29H2,1-2H3,(H2,30,33). The molecule has 2 heterocycles. The minimum Gasteiger partial charge on any atom is -0.508 e. The molecule has 2 aromatic carbocycles. The Bertz CT molecular complexity index is 1430. The van der Waals surface area contributed by atoms with Gasteiger partial charge in [-0.15, -0.1) is 11.8 Å². The Morgan fingerprint density at radius 2 is 2.06 bits per heavy atom. The van der Waals surface area contributed by atoms with Crippen LogP contribution in [-0.2, 0) is 6.42 Å². The number of nitrogens with one attached hydrogen (secondary N) is 1. The van der Waals surface area contributed by atoms with E-state index in [-0.39, 0.29) is 17.8 Å². The second kappa shape index (κ2) is 10.2. The lowest BCUT2D eigenvalue weighted by Crippen LogP contribution is -2.24. The highest BCUT2D eigenvalue weighted by Gasteiger charge is 2.24. The van der Waals surface area contributed by atoms with Gasteiger partial charge < -0.3 is 21.9 Å². The summed E-state index contributed by atoms with van der Waals surface area (Å²) in [4.78, 5) is 5.97. The number of aromatic nitrogens is 2. The van der Waals surface area contributed by atoms with Crippen molar-refractivity contribution in [2.75, 3.05) is 11.6 Å². The molecule has 1 saturated carbocycles. The van der Waals surface area contributed by atoms with Crippen LogP contribution < -0.4 is 16.8 Å². The molecule has 8 heteroatoms. The molecule has 1 aliphatic carbocycles. The third-order valence-corrected chi connectivity index (χ3v) is 7.63. The molecule has 0 radical (unpaired) electrons. The number of hydrogen-bond donors (Lipinski definition) is 4. The lowest BCUT2D eigenvalue weighted by molar-refractivity contribution is 0.474. The molecule has 186 valence electrons. The molecule has 4 aromatic rings. The zero-order valence-corrected chi connectivity index (χ0v) is 21.4. The molecule has 0 aliphatic heterocycles. The first-order valence-corrected chi connectivity index (χ1v) is 13.5. The second-order valence-electron chi connectivity index (χ2n) is 9.27. The molecule has 1 aliphatic rings. The van der Waals surface area contributed by atoms with Gasteiger partial charge in [0.05, 0.1) is 28.7 Å². The lowest BCUT2D eigenvalue weighted by atomic mass is 10.1. The van der Waals surface area contributed by atoms with Crippen molar-refractivity contribution < 1.29 is 5.11 Å². The summed E-state index contributed by atoms with van der Waals surface area (Å²) in [5.74, 6) is 0.598. The zero-order valence-electron chi connectivity index (χ0n) is 20.6. The van der Waals surface area contributed by atoms with Crippen LogP contribution in [0.1, 0.15) is 37.3 Å². The molecule has 6 N–H and O–H groups in total. The summed E-state index contributed by atoms with van der Waals surface area (Å²) in [6, 6.07) is 16.2. The van der Waals surface area contributed by atoms with Gasteiger partial charge in [0.15, 0.2) is 0 Å². The predicted octanol–water partition coefficient (Wildman–Crippen LogP) is 5.32. The molecule has 5 rings (SSSR count). The number of nitrogens with two attached hydrogens (primary N) is 2. The number of aryl methyl sites for hydroxylation is 1. The maximum absolute atomic E-state index is 9.88. The van der Waals surface area contributed by atoms with Gasteiger partial charge in [-0.2, -0.15) is 5.10 Å². The Morgan fingerprint density at radius 1 is 1.22 bits per heavy atom. The minimum atomic E-state index is 0.203. The lowest BCUT2D eigenvalue weighted by Gasteiger charge is -2.18. The SMILES string of the molecule is CCc1cc(O)ccc1/N=C(\N)c1cnn2cc(-c3ccccc3SC)cc2c1NC1CCC(N)C1. The van der Waals surface area contributed by atoms with Crippen LogP contribution in [0.25, 0.3) is 16.6 Å².